The van der Waals surface area contributed by atoms with Crippen molar-refractivity contribution in [2.75, 3.05) is 11.1 Å². The number of amides is 2. The highest BCUT2D eigenvalue weighted by molar-refractivity contribution is 7.99. The maximum absolute atomic E-state index is 12.2. The van der Waals surface area contributed by atoms with Crippen molar-refractivity contribution in [1.29, 1.82) is 0 Å². The van der Waals surface area contributed by atoms with Crippen molar-refractivity contribution in [3.05, 3.63) is 64.7 Å². The van der Waals surface area contributed by atoms with Crippen molar-refractivity contribution in [1.82, 2.24) is 5.43 Å². The van der Waals surface area contributed by atoms with Crippen LogP contribution >= 0.6 is 23.4 Å². The highest BCUT2D eigenvalue weighted by atomic mass is 35.5. The van der Waals surface area contributed by atoms with Gasteiger partial charge in [-0.15, -0.1) is 11.8 Å². The van der Waals surface area contributed by atoms with Crippen molar-refractivity contribution in [3.63, 3.8) is 0 Å². The van der Waals surface area contributed by atoms with Gasteiger partial charge in [-0.3, -0.25) is 9.59 Å². The van der Waals surface area contributed by atoms with Crippen LogP contribution in [0.1, 0.15) is 18.1 Å². The number of benzene rings is 2. The number of thioether (sulfide) groups is 1. The second kappa shape index (κ2) is 10.3. The van der Waals surface area contributed by atoms with Gasteiger partial charge in [-0.25, -0.2) is 5.43 Å². The minimum atomic E-state index is -4.95. The van der Waals surface area contributed by atoms with Gasteiger partial charge in [-0.05, 0) is 36.2 Å². The third-order valence-electron chi connectivity index (χ3n) is 3.61. The summed E-state index contributed by atoms with van der Waals surface area (Å²) < 4.78 is 36.7. The van der Waals surface area contributed by atoms with E-state index in [0.717, 1.165) is 5.56 Å². The van der Waals surface area contributed by atoms with Crippen LogP contribution in [0.2, 0.25) is 5.02 Å². The lowest BCUT2D eigenvalue weighted by Crippen LogP contribution is -2.29. The Hall–Kier alpha value is -2.52. The Kier molecular flexibility index (Phi) is 8.10. The van der Waals surface area contributed by atoms with E-state index in [-0.39, 0.29) is 17.3 Å². The Balaban J connectivity index is 1.83. The first-order valence-corrected chi connectivity index (χ1v) is 9.83. The first-order chi connectivity index (χ1) is 13.7. The van der Waals surface area contributed by atoms with Gasteiger partial charge < -0.3 is 5.32 Å². The zero-order valence-electron chi connectivity index (χ0n) is 15.2. The quantitative estimate of drug-likeness (QED) is 0.484. The summed E-state index contributed by atoms with van der Waals surface area (Å²) in [5.41, 5.74) is 4.41. The second-order valence-corrected chi connectivity index (χ2v) is 7.24. The number of hydrogen-bond donors (Lipinski definition) is 2. The molecule has 154 valence electrons. The van der Waals surface area contributed by atoms with Crippen molar-refractivity contribution in [3.8, 4) is 0 Å². The SMILES string of the molecule is CC(=NNC(=O)CSCc1ccccc1Cl)c1ccc(NC(=O)C(F)(F)F)cc1. The molecule has 0 saturated carbocycles. The van der Waals surface area contributed by atoms with Crippen LogP contribution in [-0.4, -0.2) is 29.5 Å². The first-order valence-electron chi connectivity index (χ1n) is 8.29. The fourth-order valence-corrected chi connectivity index (χ4v) is 3.21. The fraction of sp³-hybridized carbons (Fsp3) is 0.211. The van der Waals surface area contributed by atoms with E-state index in [1.165, 1.54) is 36.0 Å². The van der Waals surface area contributed by atoms with E-state index in [1.807, 2.05) is 18.2 Å². The third kappa shape index (κ3) is 7.43. The highest BCUT2D eigenvalue weighted by Crippen LogP contribution is 2.21. The molecule has 0 heterocycles. The Bertz CT molecular complexity index is 902. The lowest BCUT2D eigenvalue weighted by molar-refractivity contribution is -0.167. The van der Waals surface area contributed by atoms with Crippen LogP contribution in [0.25, 0.3) is 0 Å². The molecule has 0 aliphatic carbocycles. The Morgan fingerprint density at radius 2 is 1.76 bits per heavy atom. The molecule has 0 fully saturated rings. The molecule has 2 aromatic rings. The summed E-state index contributed by atoms with van der Waals surface area (Å²) in [7, 11) is 0. The molecular formula is C19H17ClF3N3O2S. The van der Waals surface area contributed by atoms with Gasteiger partial charge in [0.2, 0.25) is 5.91 Å². The summed E-state index contributed by atoms with van der Waals surface area (Å²) in [6, 6.07) is 13.0. The number of rotatable bonds is 7. The van der Waals surface area contributed by atoms with E-state index in [2.05, 4.69) is 10.5 Å². The van der Waals surface area contributed by atoms with Crippen LogP contribution in [0.4, 0.5) is 18.9 Å². The molecule has 0 saturated heterocycles. The Morgan fingerprint density at radius 1 is 1.10 bits per heavy atom. The van der Waals surface area contributed by atoms with Gasteiger partial charge in [0.1, 0.15) is 0 Å². The zero-order chi connectivity index (χ0) is 21.4. The molecule has 0 aromatic heterocycles. The van der Waals surface area contributed by atoms with Gasteiger partial charge in [-0.2, -0.15) is 18.3 Å². The van der Waals surface area contributed by atoms with E-state index in [9.17, 15) is 22.8 Å². The number of hydrazone groups is 1. The molecule has 29 heavy (non-hydrogen) atoms. The third-order valence-corrected chi connectivity index (χ3v) is 4.97. The summed E-state index contributed by atoms with van der Waals surface area (Å²) in [6.07, 6.45) is -4.95. The largest absolute Gasteiger partial charge is 0.471 e. The molecule has 0 aliphatic rings. The lowest BCUT2D eigenvalue weighted by Gasteiger charge is -2.08. The molecule has 0 radical (unpaired) electrons. The summed E-state index contributed by atoms with van der Waals surface area (Å²) in [5, 5.41) is 6.37. The van der Waals surface area contributed by atoms with E-state index in [4.69, 9.17) is 11.6 Å². The van der Waals surface area contributed by atoms with Crippen LogP contribution in [0.15, 0.2) is 53.6 Å². The van der Waals surface area contributed by atoms with Gasteiger partial charge in [-0.1, -0.05) is 41.9 Å². The fourth-order valence-electron chi connectivity index (χ4n) is 2.11. The summed E-state index contributed by atoms with van der Waals surface area (Å²) in [5.74, 6) is -1.57. The number of alkyl halides is 3. The van der Waals surface area contributed by atoms with Crippen LogP contribution in [0, 0.1) is 0 Å². The maximum atomic E-state index is 12.2. The van der Waals surface area contributed by atoms with Gasteiger partial charge in [0.05, 0.1) is 11.5 Å². The van der Waals surface area contributed by atoms with Gasteiger partial charge >= 0.3 is 12.1 Å². The van der Waals surface area contributed by atoms with Crippen LogP contribution < -0.4 is 10.7 Å². The maximum Gasteiger partial charge on any atom is 0.471 e. The average Bonchev–Trinajstić information content (AvgIpc) is 2.67. The molecule has 0 spiro atoms. The monoisotopic (exact) mass is 443 g/mol. The predicted molar refractivity (Wildman–Crippen MR) is 109 cm³/mol. The molecule has 2 rings (SSSR count). The number of anilines is 1. The molecule has 10 heteroatoms. The molecular weight excluding hydrogens is 427 g/mol. The summed E-state index contributed by atoms with van der Waals surface area (Å²) in [4.78, 5) is 22.8. The summed E-state index contributed by atoms with van der Waals surface area (Å²) in [6.45, 7) is 1.64. The van der Waals surface area contributed by atoms with Crippen molar-refractivity contribution >= 4 is 46.6 Å². The summed E-state index contributed by atoms with van der Waals surface area (Å²) >= 11 is 7.44. The second-order valence-electron chi connectivity index (χ2n) is 5.85. The number of halogens is 4. The number of hydrogen-bond acceptors (Lipinski definition) is 4. The first kappa shape index (κ1) is 22.8. The van der Waals surface area contributed by atoms with E-state index < -0.39 is 12.1 Å². The molecule has 0 bridgehead atoms. The number of nitrogens with zero attached hydrogens (tertiary/aromatic N) is 1. The highest BCUT2D eigenvalue weighted by Gasteiger charge is 2.38. The normalized spacial score (nSPS) is 11.8. The Labute approximate surface area is 174 Å². The van der Waals surface area contributed by atoms with Gasteiger partial charge in [0.15, 0.2) is 0 Å². The van der Waals surface area contributed by atoms with E-state index >= 15 is 0 Å². The minimum absolute atomic E-state index is 0.00360. The predicted octanol–water partition coefficient (Wildman–Crippen LogP) is 4.61. The topological polar surface area (TPSA) is 70.6 Å². The van der Waals surface area contributed by atoms with Crippen LogP contribution in [-0.2, 0) is 15.3 Å². The molecule has 0 atom stereocenters. The van der Waals surface area contributed by atoms with Crippen molar-refractivity contribution < 1.29 is 22.8 Å². The number of nitrogens with one attached hydrogen (secondary N) is 2. The van der Waals surface area contributed by atoms with Crippen LogP contribution in [0.5, 0.6) is 0 Å². The van der Waals surface area contributed by atoms with Crippen LogP contribution in [0.3, 0.4) is 0 Å². The van der Waals surface area contributed by atoms with E-state index in [1.54, 1.807) is 18.3 Å². The van der Waals surface area contributed by atoms with Gasteiger partial charge in [0, 0.05) is 16.5 Å². The van der Waals surface area contributed by atoms with Crippen molar-refractivity contribution in [2.24, 2.45) is 5.10 Å². The molecule has 2 aromatic carbocycles. The molecule has 0 unspecified atom stereocenters. The zero-order valence-corrected chi connectivity index (χ0v) is 16.8. The average molecular weight is 444 g/mol. The Morgan fingerprint density at radius 3 is 2.38 bits per heavy atom. The smallest absolute Gasteiger partial charge is 0.318 e. The van der Waals surface area contributed by atoms with Gasteiger partial charge in [0.25, 0.3) is 0 Å². The minimum Gasteiger partial charge on any atom is -0.318 e. The number of carbonyl (C=O) groups is 2. The molecule has 2 N–H and O–H groups in total. The molecule has 5 nitrogen and oxygen atoms in total. The molecule has 0 aliphatic heterocycles. The standard InChI is InChI=1S/C19H17ClF3N3O2S/c1-12(13-6-8-15(9-7-13)24-18(28)19(21,22)23)25-26-17(27)11-29-10-14-4-2-3-5-16(14)20/h2-9H,10-11H2,1H3,(H,24,28)(H,26,27). The number of carbonyl (C=O) groups excluding carboxylic acids is 2. The van der Waals surface area contributed by atoms with E-state index in [0.29, 0.717) is 22.1 Å². The van der Waals surface area contributed by atoms with Crippen molar-refractivity contribution in [2.45, 2.75) is 18.9 Å². The lowest BCUT2D eigenvalue weighted by atomic mass is 10.1. The molecule has 2 amide bonds.